The Morgan fingerprint density at radius 2 is 2.00 bits per heavy atom. The highest BCUT2D eigenvalue weighted by Crippen LogP contribution is 2.38. The first-order valence-electron chi connectivity index (χ1n) is 6.24. The molecule has 4 nitrogen and oxygen atoms in total. The van der Waals surface area contributed by atoms with E-state index in [4.69, 9.17) is 4.74 Å². The summed E-state index contributed by atoms with van der Waals surface area (Å²) >= 11 is 0. The Kier molecular flexibility index (Phi) is 2.67. The van der Waals surface area contributed by atoms with Crippen LogP contribution in [0.5, 0.6) is 5.75 Å². The Labute approximate surface area is 101 Å². The zero-order valence-electron chi connectivity index (χ0n) is 10.0. The summed E-state index contributed by atoms with van der Waals surface area (Å²) in [5.74, 6) is 1.81. The first-order chi connectivity index (χ1) is 8.28. The fraction of sp³-hybridized carbons (Fsp3) is 0.615. The minimum Gasteiger partial charge on any atom is -0.495 e. The van der Waals surface area contributed by atoms with Crippen LogP contribution in [0.1, 0.15) is 25.7 Å². The molecule has 2 bridgehead atoms. The molecule has 4 heteroatoms. The minimum atomic E-state index is -0.123. The molecule has 0 saturated carbocycles. The Morgan fingerprint density at radius 1 is 1.29 bits per heavy atom. The molecule has 0 radical (unpaired) electrons. The van der Waals surface area contributed by atoms with E-state index in [2.05, 4.69) is 9.88 Å². The van der Waals surface area contributed by atoms with Gasteiger partial charge in [-0.15, -0.1) is 0 Å². The molecule has 2 atom stereocenters. The molecule has 17 heavy (non-hydrogen) atoms. The molecule has 3 heterocycles. The first-order valence-corrected chi connectivity index (χ1v) is 6.24. The SMILES string of the molecule is COc1ccc(N2C3CCC2CC(O)C3)nc1. The van der Waals surface area contributed by atoms with Crippen molar-refractivity contribution in [3.05, 3.63) is 18.3 Å². The highest BCUT2D eigenvalue weighted by Gasteiger charge is 2.40. The highest BCUT2D eigenvalue weighted by molar-refractivity contribution is 5.45. The zero-order valence-corrected chi connectivity index (χ0v) is 10.0. The van der Waals surface area contributed by atoms with Crippen LogP contribution in [0.15, 0.2) is 18.3 Å². The molecule has 2 fully saturated rings. The Hall–Kier alpha value is -1.29. The van der Waals surface area contributed by atoms with Crippen molar-refractivity contribution in [2.75, 3.05) is 12.0 Å². The van der Waals surface area contributed by atoms with E-state index in [0.717, 1.165) is 24.4 Å². The summed E-state index contributed by atoms with van der Waals surface area (Å²) in [5.41, 5.74) is 0. The standard InChI is InChI=1S/C13H18N2O2/c1-17-12-4-5-13(14-8-12)15-9-2-3-10(15)7-11(16)6-9/h4-5,8-11,16H,2-3,6-7H2,1H3. The van der Waals surface area contributed by atoms with Gasteiger partial charge in [0.1, 0.15) is 11.6 Å². The predicted octanol–water partition coefficient (Wildman–Crippen LogP) is 1.58. The number of rotatable bonds is 2. The second-order valence-electron chi connectivity index (χ2n) is 4.97. The normalized spacial score (nSPS) is 31.6. The van der Waals surface area contributed by atoms with Crippen LogP contribution in [-0.4, -0.2) is 35.4 Å². The Bertz CT molecular complexity index is 379. The van der Waals surface area contributed by atoms with Gasteiger partial charge in [0.2, 0.25) is 0 Å². The van der Waals surface area contributed by atoms with Crippen molar-refractivity contribution in [3.63, 3.8) is 0 Å². The van der Waals surface area contributed by atoms with Gasteiger partial charge in [-0.05, 0) is 37.8 Å². The van der Waals surface area contributed by atoms with Gasteiger partial charge in [-0.2, -0.15) is 0 Å². The van der Waals surface area contributed by atoms with E-state index in [0.29, 0.717) is 12.1 Å². The predicted molar refractivity (Wildman–Crippen MR) is 65.3 cm³/mol. The van der Waals surface area contributed by atoms with Gasteiger partial charge in [-0.3, -0.25) is 0 Å². The van der Waals surface area contributed by atoms with Crippen molar-refractivity contribution >= 4 is 5.82 Å². The lowest BCUT2D eigenvalue weighted by Crippen LogP contribution is -2.45. The topological polar surface area (TPSA) is 45.6 Å². The van der Waals surface area contributed by atoms with E-state index in [1.54, 1.807) is 13.3 Å². The second kappa shape index (κ2) is 4.18. The Morgan fingerprint density at radius 3 is 2.53 bits per heavy atom. The van der Waals surface area contributed by atoms with Crippen LogP contribution in [0.3, 0.4) is 0 Å². The average Bonchev–Trinajstić information content (AvgIpc) is 2.62. The summed E-state index contributed by atoms with van der Waals surface area (Å²) in [6.07, 6.45) is 5.75. The van der Waals surface area contributed by atoms with Crippen molar-refractivity contribution < 1.29 is 9.84 Å². The molecule has 0 spiro atoms. The van der Waals surface area contributed by atoms with E-state index in [1.165, 1.54) is 12.8 Å². The summed E-state index contributed by atoms with van der Waals surface area (Å²) in [7, 11) is 1.65. The molecule has 1 aromatic rings. The van der Waals surface area contributed by atoms with Crippen LogP contribution in [-0.2, 0) is 0 Å². The number of nitrogens with zero attached hydrogens (tertiary/aromatic N) is 2. The van der Waals surface area contributed by atoms with Crippen molar-refractivity contribution in [3.8, 4) is 5.75 Å². The second-order valence-corrected chi connectivity index (χ2v) is 4.97. The number of anilines is 1. The van der Waals surface area contributed by atoms with Gasteiger partial charge < -0.3 is 14.7 Å². The molecule has 0 amide bonds. The van der Waals surface area contributed by atoms with E-state index < -0.39 is 0 Å². The molecule has 92 valence electrons. The quantitative estimate of drug-likeness (QED) is 0.844. The number of methoxy groups -OCH3 is 1. The maximum absolute atomic E-state index is 9.77. The molecule has 3 rings (SSSR count). The Balaban J connectivity index is 1.84. The summed E-state index contributed by atoms with van der Waals surface area (Å²) < 4.78 is 5.12. The average molecular weight is 234 g/mol. The molecule has 0 aliphatic carbocycles. The maximum Gasteiger partial charge on any atom is 0.137 e. The number of ether oxygens (including phenoxy) is 1. The van der Waals surface area contributed by atoms with Gasteiger partial charge >= 0.3 is 0 Å². The molecule has 2 unspecified atom stereocenters. The lowest BCUT2D eigenvalue weighted by Gasteiger charge is -2.38. The first kappa shape index (κ1) is 10.8. The molecule has 2 aliphatic heterocycles. The van der Waals surface area contributed by atoms with Gasteiger partial charge in [-0.1, -0.05) is 0 Å². The summed E-state index contributed by atoms with van der Waals surface area (Å²) in [5, 5.41) is 9.77. The van der Waals surface area contributed by atoms with Crippen LogP contribution < -0.4 is 9.64 Å². The zero-order chi connectivity index (χ0) is 11.8. The van der Waals surface area contributed by atoms with Crippen molar-refractivity contribution in [1.82, 2.24) is 4.98 Å². The van der Waals surface area contributed by atoms with Crippen LogP contribution >= 0.6 is 0 Å². The van der Waals surface area contributed by atoms with Crippen LogP contribution in [0.4, 0.5) is 5.82 Å². The molecule has 1 N–H and O–H groups in total. The van der Waals surface area contributed by atoms with Crippen molar-refractivity contribution in [2.45, 2.75) is 43.9 Å². The summed E-state index contributed by atoms with van der Waals surface area (Å²) in [4.78, 5) is 6.84. The number of aromatic nitrogens is 1. The largest absolute Gasteiger partial charge is 0.495 e. The van der Waals surface area contributed by atoms with Gasteiger partial charge in [0.25, 0.3) is 0 Å². The van der Waals surface area contributed by atoms with E-state index in [1.807, 2.05) is 12.1 Å². The summed E-state index contributed by atoms with van der Waals surface area (Å²) in [6, 6.07) is 4.89. The summed E-state index contributed by atoms with van der Waals surface area (Å²) in [6.45, 7) is 0. The fourth-order valence-electron chi connectivity index (χ4n) is 3.17. The van der Waals surface area contributed by atoms with Crippen LogP contribution in [0.25, 0.3) is 0 Å². The lowest BCUT2D eigenvalue weighted by molar-refractivity contribution is 0.126. The van der Waals surface area contributed by atoms with E-state index >= 15 is 0 Å². The van der Waals surface area contributed by atoms with Crippen molar-refractivity contribution in [1.29, 1.82) is 0 Å². The van der Waals surface area contributed by atoms with Gasteiger partial charge in [0, 0.05) is 12.1 Å². The van der Waals surface area contributed by atoms with E-state index in [9.17, 15) is 5.11 Å². The molecular weight excluding hydrogens is 216 g/mol. The number of hydrogen-bond acceptors (Lipinski definition) is 4. The molecular formula is C13H18N2O2. The number of aliphatic hydroxyl groups excluding tert-OH is 1. The smallest absolute Gasteiger partial charge is 0.137 e. The number of aliphatic hydroxyl groups is 1. The third kappa shape index (κ3) is 1.86. The highest BCUT2D eigenvalue weighted by atomic mass is 16.5. The van der Waals surface area contributed by atoms with Crippen LogP contribution in [0.2, 0.25) is 0 Å². The van der Waals surface area contributed by atoms with E-state index in [-0.39, 0.29) is 6.10 Å². The fourth-order valence-corrected chi connectivity index (χ4v) is 3.17. The monoisotopic (exact) mass is 234 g/mol. The van der Waals surface area contributed by atoms with Gasteiger partial charge in [-0.25, -0.2) is 4.98 Å². The number of fused-ring (bicyclic) bond motifs is 2. The molecule has 2 saturated heterocycles. The lowest BCUT2D eigenvalue weighted by atomic mass is 10.00. The van der Waals surface area contributed by atoms with Crippen LogP contribution in [0, 0.1) is 0 Å². The molecule has 1 aromatic heterocycles. The number of pyridine rings is 1. The third-order valence-corrected chi connectivity index (χ3v) is 3.93. The van der Waals surface area contributed by atoms with Gasteiger partial charge in [0.05, 0.1) is 19.4 Å². The molecule has 0 aromatic carbocycles. The third-order valence-electron chi connectivity index (χ3n) is 3.93. The minimum absolute atomic E-state index is 0.123. The van der Waals surface area contributed by atoms with Crippen molar-refractivity contribution in [2.24, 2.45) is 0 Å². The molecule has 2 aliphatic rings. The maximum atomic E-state index is 9.77. The number of hydrogen-bond donors (Lipinski definition) is 1. The van der Waals surface area contributed by atoms with Gasteiger partial charge in [0.15, 0.2) is 0 Å². The number of piperidine rings is 1.